The van der Waals surface area contributed by atoms with Gasteiger partial charge in [0.2, 0.25) is 0 Å². The van der Waals surface area contributed by atoms with E-state index in [0.29, 0.717) is 5.92 Å². The summed E-state index contributed by atoms with van der Waals surface area (Å²) in [6, 6.07) is 5.20. The fourth-order valence-electron chi connectivity index (χ4n) is 2.45. The van der Waals surface area contributed by atoms with E-state index in [-0.39, 0.29) is 24.3 Å². The van der Waals surface area contributed by atoms with Crippen LogP contribution in [0.25, 0.3) is 0 Å². The SMILES string of the molecule is O=C(NCCn1cnc(C2CC2)cc1=O)Nc1cccc(C(F)(F)F)c1. The van der Waals surface area contributed by atoms with Gasteiger partial charge in [-0.25, -0.2) is 9.78 Å². The number of halogens is 3. The first-order valence-corrected chi connectivity index (χ1v) is 8.11. The van der Waals surface area contributed by atoms with Crippen LogP contribution < -0.4 is 16.2 Å². The van der Waals surface area contributed by atoms with Gasteiger partial charge in [-0.1, -0.05) is 6.07 Å². The van der Waals surface area contributed by atoms with E-state index in [1.165, 1.54) is 29.1 Å². The number of urea groups is 1. The Balaban J connectivity index is 1.51. The smallest absolute Gasteiger partial charge is 0.336 e. The summed E-state index contributed by atoms with van der Waals surface area (Å²) in [4.78, 5) is 28.0. The maximum absolute atomic E-state index is 12.6. The monoisotopic (exact) mass is 366 g/mol. The Morgan fingerprint density at radius 1 is 1.27 bits per heavy atom. The van der Waals surface area contributed by atoms with Gasteiger partial charge in [-0.2, -0.15) is 13.2 Å². The molecule has 3 rings (SSSR count). The molecule has 0 radical (unpaired) electrons. The molecule has 0 saturated heterocycles. The third-order valence-electron chi connectivity index (χ3n) is 3.98. The second-order valence-electron chi connectivity index (χ2n) is 6.08. The van der Waals surface area contributed by atoms with Crippen molar-refractivity contribution in [3.8, 4) is 0 Å². The number of hydrogen-bond acceptors (Lipinski definition) is 3. The number of rotatable bonds is 5. The summed E-state index contributed by atoms with van der Waals surface area (Å²) in [6.07, 6.45) is -0.932. The standard InChI is InChI=1S/C17H17F3N4O2/c18-17(19,20)12-2-1-3-13(8-12)23-16(26)21-6-7-24-10-22-14(9-15(24)25)11-4-5-11/h1-3,8-11H,4-7H2,(H2,21,23,26). The van der Waals surface area contributed by atoms with Crippen LogP contribution in [0, 0.1) is 0 Å². The van der Waals surface area contributed by atoms with Crippen molar-refractivity contribution < 1.29 is 18.0 Å². The van der Waals surface area contributed by atoms with Crippen molar-refractivity contribution in [2.45, 2.75) is 31.5 Å². The van der Waals surface area contributed by atoms with Gasteiger partial charge < -0.3 is 10.6 Å². The maximum Gasteiger partial charge on any atom is 0.416 e. The van der Waals surface area contributed by atoms with E-state index in [0.717, 1.165) is 30.7 Å². The number of benzene rings is 1. The van der Waals surface area contributed by atoms with Crippen LogP contribution in [-0.4, -0.2) is 22.1 Å². The third-order valence-corrected chi connectivity index (χ3v) is 3.98. The highest BCUT2D eigenvalue weighted by Gasteiger charge is 2.30. The molecule has 26 heavy (non-hydrogen) atoms. The summed E-state index contributed by atoms with van der Waals surface area (Å²) in [7, 11) is 0. The maximum atomic E-state index is 12.6. The first-order valence-electron chi connectivity index (χ1n) is 8.11. The molecule has 1 aromatic carbocycles. The minimum absolute atomic E-state index is 0.0324. The quantitative estimate of drug-likeness (QED) is 0.854. The highest BCUT2D eigenvalue weighted by molar-refractivity contribution is 5.89. The zero-order valence-electron chi connectivity index (χ0n) is 13.7. The predicted molar refractivity (Wildman–Crippen MR) is 88.9 cm³/mol. The summed E-state index contributed by atoms with van der Waals surface area (Å²) in [5, 5.41) is 4.83. The number of carbonyl (C=O) groups excluding carboxylic acids is 1. The molecule has 1 heterocycles. The van der Waals surface area contributed by atoms with Crippen molar-refractivity contribution in [2.24, 2.45) is 0 Å². The van der Waals surface area contributed by atoms with Gasteiger partial charge in [0.1, 0.15) is 0 Å². The number of carbonyl (C=O) groups is 1. The van der Waals surface area contributed by atoms with E-state index < -0.39 is 17.8 Å². The van der Waals surface area contributed by atoms with Gasteiger partial charge in [0, 0.05) is 30.8 Å². The number of nitrogens with zero attached hydrogens (tertiary/aromatic N) is 2. The van der Waals surface area contributed by atoms with E-state index in [4.69, 9.17) is 0 Å². The Kier molecular flexibility index (Phi) is 4.97. The lowest BCUT2D eigenvalue weighted by Gasteiger charge is -2.11. The second-order valence-corrected chi connectivity index (χ2v) is 6.08. The molecule has 0 atom stereocenters. The zero-order valence-corrected chi connectivity index (χ0v) is 13.7. The number of hydrogen-bond donors (Lipinski definition) is 2. The highest BCUT2D eigenvalue weighted by Crippen LogP contribution is 2.38. The van der Waals surface area contributed by atoms with Gasteiger partial charge in [0.25, 0.3) is 5.56 Å². The average molecular weight is 366 g/mol. The van der Waals surface area contributed by atoms with Crippen molar-refractivity contribution in [1.82, 2.24) is 14.9 Å². The Morgan fingerprint density at radius 3 is 2.69 bits per heavy atom. The summed E-state index contributed by atoms with van der Waals surface area (Å²) in [5.74, 6) is 0.383. The summed E-state index contributed by atoms with van der Waals surface area (Å²) >= 11 is 0. The fourth-order valence-corrected chi connectivity index (χ4v) is 2.45. The first kappa shape index (κ1) is 18.0. The van der Waals surface area contributed by atoms with E-state index in [1.807, 2.05) is 0 Å². The van der Waals surface area contributed by atoms with Crippen LogP contribution in [0.4, 0.5) is 23.7 Å². The molecule has 138 valence electrons. The molecule has 0 bridgehead atoms. The summed E-state index contributed by atoms with van der Waals surface area (Å²) < 4.78 is 39.3. The van der Waals surface area contributed by atoms with Gasteiger partial charge in [0.05, 0.1) is 17.6 Å². The topological polar surface area (TPSA) is 76.0 Å². The molecule has 6 nitrogen and oxygen atoms in total. The van der Waals surface area contributed by atoms with Crippen molar-refractivity contribution in [3.63, 3.8) is 0 Å². The molecule has 1 fully saturated rings. The normalized spacial score (nSPS) is 14.1. The Morgan fingerprint density at radius 2 is 2.04 bits per heavy atom. The zero-order chi connectivity index (χ0) is 18.7. The number of alkyl halides is 3. The van der Waals surface area contributed by atoms with Crippen LogP contribution in [0.1, 0.15) is 30.0 Å². The molecule has 1 aromatic heterocycles. The van der Waals surface area contributed by atoms with Crippen LogP contribution in [0.5, 0.6) is 0 Å². The molecule has 0 spiro atoms. The number of anilines is 1. The lowest BCUT2D eigenvalue weighted by atomic mass is 10.2. The van der Waals surface area contributed by atoms with Crippen LogP contribution in [0.2, 0.25) is 0 Å². The van der Waals surface area contributed by atoms with Gasteiger partial charge in [-0.05, 0) is 31.0 Å². The van der Waals surface area contributed by atoms with Crippen LogP contribution >= 0.6 is 0 Å². The van der Waals surface area contributed by atoms with Crippen molar-refractivity contribution in [3.05, 3.63) is 58.3 Å². The van der Waals surface area contributed by atoms with Gasteiger partial charge in [0.15, 0.2) is 0 Å². The second kappa shape index (κ2) is 7.19. The van der Waals surface area contributed by atoms with Crippen molar-refractivity contribution >= 4 is 11.7 Å². The van der Waals surface area contributed by atoms with Crippen molar-refractivity contribution in [1.29, 1.82) is 0 Å². The Bertz CT molecular complexity index is 860. The molecule has 2 aromatic rings. The van der Waals surface area contributed by atoms with Crippen LogP contribution in [0.15, 0.2) is 41.5 Å². The van der Waals surface area contributed by atoms with E-state index in [9.17, 15) is 22.8 Å². The Labute approximate surface area is 147 Å². The van der Waals surface area contributed by atoms with Gasteiger partial charge >= 0.3 is 12.2 Å². The van der Waals surface area contributed by atoms with E-state index in [1.54, 1.807) is 0 Å². The van der Waals surface area contributed by atoms with Crippen LogP contribution in [-0.2, 0) is 12.7 Å². The molecule has 2 amide bonds. The molecule has 2 N–H and O–H groups in total. The number of aromatic nitrogens is 2. The predicted octanol–water partition coefficient (Wildman–Crippen LogP) is 2.96. The number of amides is 2. The molecule has 1 aliphatic rings. The largest absolute Gasteiger partial charge is 0.416 e. The summed E-state index contributed by atoms with van der Waals surface area (Å²) in [5.41, 5.74) is -0.211. The third kappa shape index (κ3) is 4.62. The molecular formula is C17H17F3N4O2. The lowest BCUT2D eigenvalue weighted by molar-refractivity contribution is -0.137. The molecule has 1 aliphatic carbocycles. The molecule has 9 heteroatoms. The fraction of sp³-hybridized carbons (Fsp3) is 0.353. The van der Waals surface area contributed by atoms with Gasteiger partial charge in [-0.3, -0.25) is 9.36 Å². The van der Waals surface area contributed by atoms with E-state index >= 15 is 0 Å². The minimum Gasteiger partial charge on any atom is -0.336 e. The minimum atomic E-state index is -4.48. The van der Waals surface area contributed by atoms with Crippen molar-refractivity contribution in [2.75, 3.05) is 11.9 Å². The molecule has 1 saturated carbocycles. The molecule has 0 aliphatic heterocycles. The summed E-state index contributed by atoms with van der Waals surface area (Å²) in [6.45, 7) is 0.349. The molecular weight excluding hydrogens is 349 g/mol. The number of nitrogens with one attached hydrogen (secondary N) is 2. The van der Waals surface area contributed by atoms with Crippen LogP contribution in [0.3, 0.4) is 0 Å². The lowest BCUT2D eigenvalue weighted by Crippen LogP contribution is -2.33. The van der Waals surface area contributed by atoms with Gasteiger partial charge in [-0.15, -0.1) is 0 Å². The Hall–Kier alpha value is -2.84. The molecule has 0 unspecified atom stereocenters. The highest BCUT2D eigenvalue weighted by atomic mass is 19.4. The first-order chi connectivity index (χ1) is 12.3. The average Bonchev–Trinajstić information content (AvgIpc) is 3.41. The van der Waals surface area contributed by atoms with E-state index in [2.05, 4.69) is 15.6 Å².